The molecule has 1 aliphatic heterocycles. The zero-order valence-corrected chi connectivity index (χ0v) is 15.3. The lowest BCUT2D eigenvalue weighted by molar-refractivity contribution is -0.434. The lowest BCUT2D eigenvalue weighted by Gasteiger charge is -2.20. The highest BCUT2D eigenvalue weighted by atomic mass is 16.6. The second kappa shape index (κ2) is 10.3. The van der Waals surface area contributed by atoms with Crippen LogP contribution in [0.5, 0.6) is 0 Å². The molecule has 0 spiro atoms. The Hall–Kier alpha value is -3.07. The average Bonchev–Trinajstić information content (AvgIpc) is 2.67. The third-order valence-electron chi connectivity index (χ3n) is 4.44. The van der Waals surface area contributed by atoms with E-state index in [1.807, 2.05) is 24.6 Å². The van der Waals surface area contributed by atoms with E-state index in [1.165, 1.54) is 0 Å². The van der Waals surface area contributed by atoms with Gasteiger partial charge in [-0.1, -0.05) is 37.1 Å². The van der Waals surface area contributed by atoms with Crippen LogP contribution in [0.1, 0.15) is 25.7 Å². The van der Waals surface area contributed by atoms with Gasteiger partial charge in [-0.3, -0.25) is 25.0 Å². The van der Waals surface area contributed by atoms with Crippen molar-refractivity contribution < 1.29 is 19.7 Å². The maximum absolute atomic E-state index is 11.8. The smallest absolute Gasteiger partial charge is 0.331 e. The van der Waals surface area contributed by atoms with Crippen LogP contribution >= 0.6 is 0 Å². The molecule has 0 unspecified atom stereocenters. The number of rotatable bonds is 10. The van der Waals surface area contributed by atoms with Gasteiger partial charge in [-0.25, -0.2) is 0 Å². The zero-order valence-electron chi connectivity index (χ0n) is 15.3. The molecule has 150 valence electrons. The molecule has 2 rings (SSSR count). The molecule has 1 heterocycles. The summed E-state index contributed by atoms with van der Waals surface area (Å²) in [5.74, 6) is -1.90. The number of aliphatic hydroxyl groups excluding tert-OH is 1. The molecule has 0 bridgehead atoms. The van der Waals surface area contributed by atoms with Crippen molar-refractivity contribution in [3.8, 4) is 0 Å². The number of hydrogen-bond acceptors (Lipinski definition) is 7. The van der Waals surface area contributed by atoms with Crippen LogP contribution in [-0.4, -0.2) is 38.8 Å². The predicted octanol–water partition coefficient (Wildman–Crippen LogP) is 2.57. The molecule has 0 aromatic carbocycles. The van der Waals surface area contributed by atoms with E-state index in [4.69, 9.17) is 5.11 Å². The molecule has 0 aromatic rings. The zero-order chi connectivity index (χ0) is 20.5. The summed E-state index contributed by atoms with van der Waals surface area (Å²) in [6, 6.07) is 0. The normalized spacial score (nSPS) is 17.9. The Labute approximate surface area is 162 Å². The summed E-state index contributed by atoms with van der Waals surface area (Å²) in [4.78, 5) is 34.0. The third-order valence-corrected chi connectivity index (χ3v) is 4.44. The molecule has 0 fully saturated rings. The van der Waals surface area contributed by atoms with E-state index in [9.17, 15) is 25.0 Å². The Morgan fingerprint density at radius 1 is 0.929 bits per heavy atom. The van der Waals surface area contributed by atoms with E-state index in [1.54, 1.807) is 12.2 Å². The lowest BCUT2D eigenvalue weighted by Crippen LogP contribution is -2.23. The van der Waals surface area contributed by atoms with Crippen molar-refractivity contribution in [1.29, 1.82) is 0 Å². The summed E-state index contributed by atoms with van der Waals surface area (Å²) >= 11 is 0. The summed E-state index contributed by atoms with van der Waals surface area (Å²) in [7, 11) is 0. The van der Waals surface area contributed by atoms with Crippen LogP contribution in [0.3, 0.4) is 0 Å². The van der Waals surface area contributed by atoms with E-state index in [2.05, 4.69) is 4.90 Å². The molecular weight excluding hydrogens is 366 g/mol. The Bertz CT molecular complexity index is 718. The fourth-order valence-electron chi connectivity index (χ4n) is 2.92. The van der Waals surface area contributed by atoms with Gasteiger partial charge < -0.3 is 10.0 Å². The summed E-state index contributed by atoms with van der Waals surface area (Å²) < 4.78 is 0. The summed E-state index contributed by atoms with van der Waals surface area (Å²) in [5.41, 5.74) is -1.54. The summed E-state index contributed by atoms with van der Waals surface area (Å²) in [5, 5.41) is 30.7. The van der Waals surface area contributed by atoms with Gasteiger partial charge in [-0.05, 0) is 12.8 Å². The van der Waals surface area contributed by atoms with Gasteiger partial charge in [0.1, 0.15) is 0 Å². The van der Waals surface area contributed by atoms with E-state index in [0.29, 0.717) is 0 Å². The monoisotopic (exact) mass is 389 g/mol. The van der Waals surface area contributed by atoms with E-state index in [0.717, 1.165) is 44.4 Å². The van der Waals surface area contributed by atoms with Crippen molar-refractivity contribution in [2.75, 3.05) is 13.2 Å². The molecule has 0 atom stereocenters. The van der Waals surface area contributed by atoms with Crippen LogP contribution in [0.2, 0.25) is 0 Å². The minimum atomic E-state index is -1.17. The van der Waals surface area contributed by atoms with Crippen LogP contribution in [0.25, 0.3) is 0 Å². The van der Waals surface area contributed by atoms with Gasteiger partial charge in [0.05, 0.1) is 9.85 Å². The first-order valence-electron chi connectivity index (χ1n) is 9.11. The quantitative estimate of drug-likeness (QED) is 0.263. The maximum atomic E-state index is 11.8. The minimum absolute atomic E-state index is 0.0387. The minimum Gasteiger partial charge on any atom is -0.396 e. The number of carbonyl (C=O) groups is 1. The number of nitro groups is 2. The molecule has 9 nitrogen and oxygen atoms in total. The molecular formula is C19H23N3O6. The first-order valence-corrected chi connectivity index (χ1v) is 9.11. The number of hydrogen-bond donors (Lipinski definition) is 1. The van der Waals surface area contributed by atoms with Gasteiger partial charge in [-0.2, -0.15) is 0 Å². The predicted molar refractivity (Wildman–Crippen MR) is 102 cm³/mol. The fourth-order valence-corrected chi connectivity index (χ4v) is 2.92. The van der Waals surface area contributed by atoms with Crippen LogP contribution in [0.15, 0.2) is 60.3 Å². The largest absolute Gasteiger partial charge is 0.396 e. The third kappa shape index (κ3) is 5.98. The van der Waals surface area contributed by atoms with Gasteiger partial charge in [-0.15, -0.1) is 0 Å². The molecule has 0 saturated carbocycles. The van der Waals surface area contributed by atoms with E-state index in [-0.39, 0.29) is 12.5 Å². The fraction of sp³-hybridized carbons (Fsp3) is 0.421. The molecule has 2 aliphatic rings. The van der Waals surface area contributed by atoms with Crippen molar-refractivity contribution in [3.05, 3.63) is 80.5 Å². The number of Topliss-reactive ketones (excluding diaryl/α,β-unsaturated/α-hetero) is 1. The first-order chi connectivity index (χ1) is 13.4. The van der Waals surface area contributed by atoms with Gasteiger partial charge >= 0.3 is 17.2 Å². The summed E-state index contributed by atoms with van der Waals surface area (Å²) in [6.07, 6.45) is 17.4. The van der Waals surface area contributed by atoms with E-state index < -0.39 is 32.9 Å². The van der Waals surface area contributed by atoms with Crippen LogP contribution in [0, 0.1) is 32.1 Å². The number of unbranched alkanes of at least 4 members (excludes halogenated alkanes) is 3. The van der Waals surface area contributed by atoms with Crippen molar-refractivity contribution in [2.24, 2.45) is 11.8 Å². The number of aliphatic hydroxyl groups is 1. The van der Waals surface area contributed by atoms with Crippen molar-refractivity contribution in [2.45, 2.75) is 25.7 Å². The number of allylic oxidation sites excluding steroid dienone is 6. The Morgan fingerprint density at radius 3 is 2.00 bits per heavy atom. The molecule has 0 radical (unpaired) electrons. The Balaban J connectivity index is 1.94. The molecule has 0 aromatic heterocycles. The number of ketones is 1. The highest BCUT2D eigenvalue weighted by molar-refractivity contribution is 6.05. The SMILES string of the molecule is O=C1C([N+](=O)[O-])=CC(/C=C/C2C=CN(CCCCCCO)C=C2)C=C1[N+](=O)[O-]. The molecule has 1 aliphatic carbocycles. The van der Waals surface area contributed by atoms with Crippen molar-refractivity contribution in [3.63, 3.8) is 0 Å². The second-order valence-corrected chi connectivity index (χ2v) is 6.55. The molecule has 28 heavy (non-hydrogen) atoms. The van der Waals surface area contributed by atoms with Crippen LogP contribution in [0.4, 0.5) is 0 Å². The van der Waals surface area contributed by atoms with Crippen molar-refractivity contribution in [1.82, 2.24) is 4.90 Å². The molecule has 9 heteroatoms. The lowest BCUT2D eigenvalue weighted by atomic mass is 9.95. The number of carbonyl (C=O) groups excluding carboxylic acids is 1. The highest BCUT2D eigenvalue weighted by Crippen LogP contribution is 2.23. The topological polar surface area (TPSA) is 127 Å². The van der Waals surface area contributed by atoms with Crippen LogP contribution in [-0.2, 0) is 4.79 Å². The second-order valence-electron chi connectivity index (χ2n) is 6.55. The Kier molecular flexibility index (Phi) is 7.82. The van der Waals surface area contributed by atoms with Crippen molar-refractivity contribution >= 4 is 5.78 Å². The van der Waals surface area contributed by atoms with Crippen LogP contribution < -0.4 is 0 Å². The molecule has 1 N–H and O–H groups in total. The molecule has 0 saturated heterocycles. The van der Waals surface area contributed by atoms with Gasteiger partial charge in [0.25, 0.3) is 0 Å². The molecule has 0 amide bonds. The van der Waals surface area contributed by atoms with Gasteiger partial charge in [0, 0.05) is 49.5 Å². The van der Waals surface area contributed by atoms with Gasteiger partial charge in [0.15, 0.2) is 0 Å². The van der Waals surface area contributed by atoms with E-state index >= 15 is 0 Å². The average molecular weight is 389 g/mol. The first kappa shape index (κ1) is 21.2. The number of nitrogens with zero attached hydrogens (tertiary/aromatic N) is 3. The van der Waals surface area contributed by atoms with Gasteiger partial charge in [0.2, 0.25) is 0 Å². The Morgan fingerprint density at radius 2 is 1.46 bits per heavy atom. The summed E-state index contributed by atoms with van der Waals surface area (Å²) in [6.45, 7) is 1.10. The highest BCUT2D eigenvalue weighted by Gasteiger charge is 2.38. The standard InChI is InChI=1S/C19H23N3O6/c23-12-4-2-1-3-9-20-10-7-15(8-11-20)5-6-16-13-17(21(25)26)19(24)18(14-16)22(27)28/h5-8,10-11,13-16,23H,1-4,9,12H2/b6-5+. The maximum Gasteiger partial charge on any atom is 0.331 e.